The average molecular weight is 129 g/mol. The Kier molecular flexibility index (Phi) is 1.71. The van der Waals surface area contributed by atoms with Crippen molar-refractivity contribution in [3.8, 4) is 0 Å². The Hall–Kier alpha value is -0.570. The minimum absolute atomic E-state index is 0.0116. The van der Waals surface area contributed by atoms with E-state index in [0.717, 1.165) is 6.54 Å². The third-order valence-corrected chi connectivity index (χ3v) is 1.53. The summed E-state index contributed by atoms with van der Waals surface area (Å²) >= 11 is 0. The molecule has 1 unspecified atom stereocenters. The molecule has 0 bridgehead atoms. The zero-order valence-electron chi connectivity index (χ0n) is 5.76. The van der Waals surface area contributed by atoms with Crippen LogP contribution in [0.5, 0.6) is 0 Å². The molecule has 52 valence electrons. The summed E-state index contributed by atoms with van der Waals surface area (Å²) in [7, 11) is 0. The molecule has 0 aromatic rings. The molecule has 3 heteroatoms. The van der Waals surface area contributed by atoms with Gasteiger partial charge in [0, 0.05) is 13.5 Å². The maximum atomic E-state index is 10.7. The number of carbonyl (C=O) groups excluding carboxylic acids is 1. The van der Waals surface area contributed by atoms with E-state index in [0.29, 0.717) is 6.61 Å². The second-order valence-electron chi connectivity index (χ2n) is 2.18. The maximum Gasteiger partial charge on any atom is 0.221 e. The van der Waals surface area contributed by atoms with Crippen molar-refractivity contribution in [1.82, 2.24) is 4.90 Å². The molecular weight excluding hydrogens is 118 g/mol. The van der Waals surface area contributed by atoms with Crippen molar-refractivity contribution in [1.29, 1.82) is 0 Å². The molecule has 3 nitrogen and oxygen atoms in total. The molecule has 1 atom stereocenters. The van der Waals surface area contributed by atoms with Gasteiger partial charge in [0.25, 0.3) is 0 Å². The number of carbonyl (C=O) groups is 1. The molecule has 0 spiro atoms. The Labute approximate surface area is 54.6 Å². The van der Waals surface area contributed by atoms with Gasteiger partial charge in [-0.2, -0.15) is 0 Å². The predicted molar refractivity (Wildman–Crippen MR) is 32.8 cm³/mol. The van der Waals surface area contributed by atoms with E-state index in [1.807, 2.05) is 6.92 Å². The first kappa shape index (κ1) is 6.55. The normalized spacial score (nSPS) is 26.9. The van der Waals surface area contributed by atoms with Crippen molar-refractivity contribution < 1.29 is 9.53 Å². The lowest BCUT2D eigenvalue weighted by atomic mass is 10.5. The van der Waals surface area contributed by atoms with Crippen LogP contribution in [-0.4, -0.2) is 30.2 Å². The van der Waals surface area contributed by atoms with Crippen LogP contribution >= 0.6 is 0 Å². The van der Waals surface area contributed by atoms with E-state index < -0.39 is 0 Å². The number of hydrogen-bond donors (Lipinski definition) is 0. The summed E-state index contributed by atoms with van der Waals surface area (Å²) in [6.07, 6.45) is -0.0116. The second-order valence-corrected chi connectivity index (χ2v) is 2.18. The van der Waals surface area contributed by atoms with Gasteiger partial charge in [0.15, 0.2) is 0 Å². The van der Waals surface area contributed by atoms with Crippen LogP contribution in [0.1, 0.15) is 13.8 Å². The van der Waals surface area contributed by atoms with Crippen LogP contribution < -0.4 is 0 Å². The van der Waals surface area contributed by atoms with Crippen LogP contribution in [0.15, 0.2) is 0 Å². The Morgan fingerprint density at radius 2 is 2.44 bits per heavy atom. The Balaban J connectivity index is 2.49. The van der Waals surface area contributed by atoms with E-state index in [2.05, 4.69) is 0 Å². The quantitative estimate of drug-likeness (QED) is 0.468. The number of rotatable bonds is 0. The molecule has 1 aliphatic heterocycles. The molecule has 1 rings (SSSR count). The average Bonchev–Trinajstić information content (AvgIpc) is 2.13. The van der Waals surface area contributed by atoms with E-state index in [-0.39, 0.29) is 12.1 Å². The summed E-state index contributed by atoms with van der Waals surface area (Å²) in [5.41, 5.74) is 0. The van der Waals surface area contributed by atoms with Crippen LogP contribution in [0.25, 0.3) is 0 Å². The number of hydrogen-bond acceptors (Lipinski definition) is 2. The third kappa shape index (κ3) is 1.21. The Morgan fingerprint density at radius 3 is 2.67 bits per heavy atom. The molecule has 1 amide bonds. The SMILES string of the molecule is CC(=O)N1CCOC1C. The fourth-order valence-electron chi connectivity index (χ4n) is 1.01. The molecule has 0 radical (unpaired) electrons. The largest absolute Gasteiger partial charge is 0.357 e. The van der Waals surface area contributed by atoms with Gasteiger partial charge in [0.1, 0.15) is 6.23 Å². The standard InChI is InChI=1S/C6H11NO2/c1-5(8)7-3-4-9-6(7)2/h6H,3-4H2,1-2H3. The monoisotopic (exact) mass is 129 g/mol. The number of ether oxygens (including phenoxy) is 1. The van der Waals surface area contributed by atoms with Crippen LogP contribution in [0.3, 0.4) is 0 Å². The molecule has 1 aliphatic rings. The van der Waals surface area contributed by atoms with Crippen LogP contribution in [0, 0.1) is 0 Å². The highest BCUT2D eigenvalue weighted by Gasteiger charge is 2.22. The third-order valence-electron chi connectivity index (χ3n) is 1.53. The second kappa shape index (κ2) is 2.35. The molecule has 1 heterocycles. The molecule has 1 fully saturated rings. The molecule has 0 aromatic carbocycles. The van der Waals surface area contributed by atoms with E-state index in [1.54, 1.807) is 11.8 Å². The molecule has 0 aromatic heterocycles. The van der Waals surface area contributed by atoms with E-state index in [1.165, 1.54) is 0 Å². The van der Waals surface area contributed by atoms with Gasteiger partial charge in [-0.15, -0.1) is 0 Å². The summed E-state index contributed by atoms with van der Waals surface area (Å²) in [4.78, 5) is 12.4. The molecule has 1 saturated heterocycles. The summed E-state index contributed by atoms with van der Waals surface area (Å²) in [5.74, 6) is 0.0972. The van der Waals surface area contributed by atoms with Crippen molar-refractivity contribution in [2.75, 3.05) is 13.2 Å². The molecular formula is C6H11NO2. The maximum absolute atomic E-state index is 10.7. The first-order chi connectivity index (χ1) is 4.22. The summed E-state index contributed by atoms with van der Waals surface area (Å²) in [5, 5.41) is 0. The van der Waals surface area contributed by atoms with Gasteiger partial charge in [-0.25, -0.2) is 0 Å². The zero-order valence-corrected chi connectivity index (χ0v) is 5.76. The van der Waals surface area contributed by atoms with Gasteiger partial charge in [-0.05, 0) is 6.92 Å². The number of nitrogens with zero attached hydrogens (tertiary/aromatic N) is 1. The van der Waals surface area contributed by atoms with E-state index in [4.69, 9.17) is 4.74 Å². The minimum atomic E-state index is -0.0116. The smallest absolute Gasteiger partial charge is 0.221 e. The summed E-state index contributed by atoms with van der Waals surface area (Å²) in [6, 6.07) is 0. The zero-order chi connectivity index (χ0) is 6.85. The molecule has 0 saturated carbocycles. The van der Waals surface area contributed by atoms with Gasteiger partial charge in [0.05, 0.1) is 6.61 Å². The highest BCUT2D eigenvalue weighted by atomic mass is 16.5. The molecule has 9 heavy (non-hydrogen) atoms. The van der Waals surface area contributed by atoms with Crippen molar-refractivity contribution in [2.24, 2.45) is 0 Å². The lowest BCUT2D eigenvalue weighted by molar-refractivity contribution is -0.132. The van der Waals surface area contributed by atoms with E-state index in [9.17, 15) is 4.79 Å². The number of amides is 1. The van der Waals surface area contributed by atoms with Gasteiger partial charge in [0.2, 0.25) is 5.91 Å². The van der Waals surface area contributed by atoms with Crippen molar-refractivity contribution in [3.05, 3.63) is 0 Å². The lowest BCUT2D eigenvalue weighted by Crippen LogP contribution is -2.31. The van der Waals surface area contributed by atoms with Gasteiger partial charge in [-0.1, -0.05) is 0 Å². The molecule has 0 N–H and O–H groups in total. The van der Waals surface area contributed by atoms with Crippen molar-refractivity contribution in [3.63, 3.8) is 0 Å². The molecule has 0 aliphatic carbocycles. The fourth-order valence-corrected chi connectivity index (χ4v) is 1.01. The van der Waals surface area contributed by atoms with Gasteiger partial charge >= 0.3 is 0 Å². The van der Waals surface area contributed by atoms with Crippen LogP contribution in [0.2, 0.25) is 0 Å². The Bertz CT molecular complexity index is 124. The first-order valence-electron chi connectivity index (χ1n) is 3.10. The first-order valence-corrected chi connectivity index (χ1v) is 3.10. The Morgan fingerprint density at radius 1 is 1.78 bits per heavy atom. The van der Waals surface area contributed by atoms with Gasteiger partial charge < -0.3 is 9.64 Å². The fraction of sp³-hybridized carbons (Fsp3) is 0.833. The highest BCUT2D eigenvalue weighted by Crippen LogP contribution is 2.07. The van der Waals surface area contributed by atoms with E-state index >= 15 is 0 Å². The highest BCUT2D eigenvalue weighted by molar-refractivity contribution is 5.73. The summed E-state index contributed by atoms with van der Waals surface area (Å²) in [6.45, 7) is 4.87. The summed E-state index contributed by atoms with van der Waals surface area (Å²) < 4.78 is 5.13. The van der Waals surface area contributed by atoms with Crippen LogP contribution in [0.4, 0.5) is 0 Å². The van der Waals surface area contributed by atoms with Crippen molar-refractivity contribution >= 4 is 5.91 Å². The van der Waals surface area contributed by atoms with Gasteiger partial charge in [-0.3, -0.25) is 4.79 Å². The minimum Gasteiger partial charge on any atom is -0.357 e. The van der Waals surface area contributed by atoms with Crippen molar-refractivity contribution in [2.45, 2.75) is 20.1 Å². The van der Waals surface area contributed by atoms with Crippen LogP contribution in [-0.2, 0) is 9.53 Å². The predicted octanol–water partition coefficient (Wildman–Crippen LogP) is 0.211. The topological polar surface area (TPSA) is 29.5 Å². The lowest BCUT2D eigenvalue weighted by Gasteiger charge is -2.16.